The topological polar surface area (TPSA) is 72.9 Å². The highest BCUT2D eigenvalue weighted by Gasteiger charge is 2.38. The van der Waals surface area contributed by atoms with Crippen molar-refractivity contribution in [2.45, 2.75) is 31.8 Å². The van der Waals surface area contributed by atoms with E-state index < -0.39 is 15.8 Å². The van der Waals surface area contributed by atoms with Crippen molar-refractivity contribution in [3.63, 3.8) is 0 Å². The number of likely N-dealkylation sites (N-methyl/N-ethyl adjacent to an activating group) is 1. The van der Waals surface area contributed by atoms with Gasteiger partial charge in [0.2, 0.25) is 0 Å². The van der Waals surface area contributed by atoms with Crippen molar-refractivity contribution in [2.24, 2.45) is 5.92 Å². The zero-order valence-corrected chi connectivity index (χ0v) is 12.6. The summed E-state index contributed by atoms with van der Waals surface area (Å²) in [5.41, 5.74) is -0.927. The van der Waals surface area contributed by atoms with E-state index in [0.717, 1.165) is 19.4 Å². The molecule has 2 saturated heterocycles. The molecule has 0 bridgehead atoms. The molecule has 0 amide bonds. The van der Waals surface area contributed by atoms with Gasteiger partial charge in [0.25, 0.3) is 10.2 Å². The molecule has 7 heteroatoms. The second-order valence-electron chi connectivity index (χ2n) is 6.02. The monoisotopic (exact) mass is 291 g/mol. The summed E-state index contributed by atoms with van der Waals surface area (Å²) < 4.78 is 27.8. The molecule has 2 rings (SSSR count). The quantitative estimate of drug-likeness (QED) is 0.740. The molecule has 0 aromatic rings. The molecule has 2 heterocycles. The molecule has 0 spiro atoms. The van der Waals surface area contributed by atoms with E-state index in [9.17, 15) is 13.5 Å². The average molecular weight is 291 g/mol. The standard InChI is InChI=1S/C12H25N3O3S/c1-11-4-3-7-15(8-11)19(17,18)14(2)10-12(16)5-6-13-9-12/h11,13,16H,3-10H2,1-2H3. The molecule has 6 nitrogen and oxygen atoms in total. The molecule has 0 aromatic carbocycles. The van der Waals surface area contributed by atoms with E-state index in [1.807, 2.05) is 0 Å². The number of aliphatic hydroxyl groups is 1. The Kier molecular flexibility index (Phi) is 4.52. The normalized spacial score (nSPS) is 34.0. The van der Waals surface area contributed by atoms with Gasteiger partial charge in [-0.05, 0) is 31.7 Å². The Morgan fingerprint density at radius 3 is 2.84 bits per heavy atom. The zero-order valence-electron chi connectivity index (χ0n) is 11.8. The molecule has 2 N–H and O–H groups in total. The maximum Gasteiger partial charge on any atom is 0.281 e. The molecule has 0 radical (unpaired) electrons. The second-order valence-corrected chi connectivity index (χ2v) is 8.06. The van der Waals surface area contributed by atoms with Crippen LogP contribution in [0.15, 0.2) is 0 Å². The van der Waals surface area contributed by atoms with Crippen LogP contribution in [0.4, 0.5) is 0 Å². The van der Waals surface area contributed by atoms with Crippen LogP contribution in [0.2, 0.25) is 0 Å². The Hall–Kier alpha value is -0.210. The van der Waals surface area contributed by atoms with Gasteiger partial charge in [-0.25, -0.2) is 0 Å². The first-order valence-electron chi connectivity index (χ1n) is 6.98. The molecule has 2 aliphatic heterocycles. The highest BCUT2D eigenvalue weighted by Crippen LogP contribution is 2.22. The van der Waals surface area contributed by atoms with Crippen molar-refractivity contribution >= 4 is 10.2 Å². The van der Waals surface area contributed by atoms with Crippen LogP contribution < -0.4 is 5.32 Å². The van der Waals surface area contributed by atoms with Gasteiger partial charge in [-0.2, -0.15) is 17.0 Å². The Bertz CT molecular complexity index is 406. The predicted molar refractivity (Wildman–Crippen MR) is 74.0 cm³/mol. The molecule has 2 unspecified atom stereocenters. The predicted octanol–water partition coefficient (Wildman–Crippen LogP) is -0.381. The minimum atomic E-state index is -3.44. The van der Waals surface area contributed by atoms with Crippen LogP contribution >= 0.6 is 0 Å². The van der Waals surface area contributed by atoms with Crippen molar-refractivity contribution in [1.29, 1.82) is 0 Å². The lowest BCUT2D eigenvalue weighted by Gasteiger charge is -2.35. The van der Waals surface area contributed by atoms with Gasteiger partial charge < -0.3 is 10.4 Å². The third-order valence-corrected chi connectivity index (χ3v) is 5.98. The SMILES string of the molecule is CC1CCCN(S(=O)(=O)N(C)CC2(O)CCNC2)C1. The summed E-state index contributed by atoms with van der Waals surface area (Å²) in [6.45, 7) is 4.62. The molecule has 0 aromatic heterocycles. The lowest BCUT2D eigenvalue weighted by molar-refractivity contribution is 0.0446. The highest BCUT2D eigenvalue weighted by atomic mass is 32.2. The lowest BCUT2D eigenvalue weighted by Crippen LogP contribution is -2.51. The van der Waals surface area contributed by atoms with Crippen molar-refractivity contribution < 1.29 is 13.5 Å². The molecule has 19 heavy (non-hydrogen) atoms. The first kappa shape index (κ1) is 15.2. The Balaban J connectivity index is 2.02. The van der Waals surface area contributed by atoms with Gasteiger partial charge in [-0.3, -0.25) is 0 Å². The Labute approximate surface area is 116 Å². The van der Waals surface area contributed by atoms with Crippen molar-refractivity contribution in [3.8, 4) is 0 Å². The average Bonchev–Trinajstić information content (AvgIpc) is 2.75. The fourth-order valence-electron chi connectivity index (χ4n) is 2.91. The number of nitrogens with zero attached hydrogens (tertiary/aromatic N) is 2. The van der Waals surface area contributed by atoms with Gasteiger partial charge in [0.05, 0.1) is 5.60 Å². The molecular weight excluding hydrogens is 266 g/mol. The van der Waals surface area contributed by atoms with E-state index in [4.69, 9.17) is 0 Å². The lowest BCUT2D eigenvalue weighted by atomic mass is 10.0. The third-order valence-electron chi connectivity index (χ3n) is 4.08. The van der Waals surface area contributed by atoms with E-state index in [-0.39, 0.29) is 6.54 Å². The maximum absolute atomic E-state index is 12.5. The summed E-state index contributed by atoms with van der Waals surface area (Å²) in [5.74, 6) is 0.410. The van der Waals surface area contributed by atoms with Gasteiger partial charge in [0.1, 0.15) is 0 Å². The maximum atomic E-state index is 12.5. The minimum Gasteiger partial charge on any atom is -0.387 e. The van der Waals surface area contributed by atoms with Crippen LogP contribution in [0.25, 0.3) is 0 Å². The minimum absolute atomic E-state index is 0.160. The molecule has 0 saturated carbocycles. The summed E-state index contributed by atoms with van der Waals surface area (Å²) in [7, 11) is -1.88. The van der Waals surface area contributed by atoms with E-state index in [1.165, 1.54) is 4.31 Å². The van der Waals surface area contributed by atoms with Gasteiger partial charge in [-0.15, -0.1) is 0 Å². The third kappa shape index (κ3) is 3.46. The highest BCUT2D eigenvalue weighted by molar-refractivity contribution is 7.86. The number of hydrogen-bond acceptors (Lipinski definition) is 4. The fourth-order valence-corrected chi connectivity index (χ4v) is 4.51. The second kappa shape index (κ2) is 5.65. The number of nitrogens with one attached hydrogen (secondary N) is 1. The molecule has 2 fully saturated rings. The van der Waals surface area contributed by atoms with Crippen molar-refractivity contribution in [2.75, 3.05) is 39.8 Å². The van der Waals surface area contributed by atoms with Crippen LogP contribution in [0.3, 0.4) is 0 Å². The van der Waals surface area contributed by atoms with Gasteiger partial charge in [0.15, 0.2) is 0 Å². The van der Waals surface area contributed by atoms with Crippen LogP contribution in [0, 0.1) is 5.92 Å². The summed E-state index contributed by atoms with van der Waals surface area (Å²) >= 11 is 0. The number of rotatable bonds is 4. The molecule has 2 atom stereocenters. The summed E-state index contributed by atoms with van der Waals surface area (Å²) in [4.78, 5) is 0. The number of hydrogen-bond donors (Lipinski definition) is 2. The van der Waals surface area contributed by atoms with Crippen LogP contribution in [0.5, 0.6) is 0 Å². The van der Waals surface area contributed by atoms with Crippen LogP contribution in [0.1, 0.15) is 26.2 Å². The molecule has 2 aliphatic rings. The Morgan fingerprint density at radius 1 is 1.53 bits per heavy atom. The smallest absolute Gasteiger partial charge is 0.281 e. The van der Waals surface area contributed by atoms with Gasteiger partial charge in [-0.1, -0.05) is 6.92 Å². The Morgan fingerprint density at radius 2 is 2.26 bits per heavy atom. The molecular formula is C12H25N3O3S. The number of β-amino-alcohol motifs (C(OH)–C–C–N with tert-alkyl or cyclic N) is 1. The first-order chi connectivity index (χ1) is 8.83. The van der Waals surface area contributed by atoms with Crippen molar-refractivity contribution in [3.05, 3.63) is 0 Å². The molecule has 112 valence electrons. The van der Waals surface area contributed by atoms with E-state index in [0.29, 0.717) is 32.0 Å². The summed E-state index contributed by atoms with van der Waals surface area (Å²) in [6, 6.07) is 0. The van der Waals surface area contributed by atoms with E-state index >= 15 is 0 Å². The number of piperidine rings is 1. The summed E-state index contributed by atoms with van der Waals surface area (Å²) in [6.07, 6.45) is 2.60. The first-order valence-corrected chi connectivity index (χ1v) is 8.38. The van der Waals surface area contributed by atoms with E-state index in [2.05, 4.69) is 12.2 Å². The molecule has 0 aliphatic carbocycles. The van der Waals surface area contributed by atoms with E-state index in [1.54, 1.807) is 11.4 Å². The van der Waals surface area contributed by atoms with Crippen molar-refractivity contribution in [1.82, 2.24) is 13.9 Å². The largest absolute Gasteiger partial charge is 0.387 e. The summed E-state index contributed by atoms with van der Waals surface area (Å²) in [5, 5.41) is 13.4. The van der Waals surface area contributed by atoms with Gasteiger partial charge in [0, 0.05) is 33.2 Å². The van der Waals surface area contributed by atoms with Crippen LogP contribution in [-0.2, 0) is 10.2 Å². The zero-order chi connectivity index (χ0) is 14.1. The van der Waals surface area contributed by atoms with Gasteiger partial charge >= 0.3 is 0 Å². The fraction of sp³-hybridized carbons (Fsp3) is 1.00. The van der Waals surface area contributed by atoms with Crippen LogP contribution in [-0.4, -0.2) is 67.5 Å².